The van der Waals surface area contributed by atoms with Crippen molar-refractivity contribution in [3.8, 4) is 0 Å². The second kappa shape index (κ2) is 6.62. The van der Waals surface area contributed by atoms with Gasteiger partial charge in [0.25, 0.3) is 0 Å². The molecule has 0 saturated heterocycles. The molecule has 23 heavy (non-hydrogen) atoms. The smallest absolute Gasteiger partial charge is 0.311 e. The largest absolute Gasteiger partial charge is 0.469 e. The lowest BCUT2D eigenvalue weighted by Crippen LogP contribution is -2.55. The molecule has 0 radical (unpaired) electrons. The first-order chi connectivity index (χ1) is 10.8. The zero-order chi connectivity index (χ0) is 17.3. The van der Waals surface area contributed by atoms with Gasteiger partial charge in [-0.1, -0.05) is 13.3 Å². The maximum absolute atomic E-state index is 12.5. The predicted molar refractivity (Wildman–Crippen MR) is 84.6 cm³/mol. The molecule has 0 unspecified atom stereocenters. The number of ketones is 1. The van der Waals surface area contributed by atoms with E-state index in [1.54, 1.807) is 0 Å². The van der Waals surface area contributed by atoms with Gasteiger partial charge in [0.05, 0.1) is 19.6 Å². The van der Waals surface area contributed by atoms with Crippen molar-refractivity contribution in [1.82, 2.24) is 0 Å². The lowest BCUT2D eigenvalue weighted by molar-refractivity contribution is -0.173. The third kappa shape index (κ3) is 3.02. The van der Waals surface area contributed by atoms with Crippen LogP contribution in [0, 0.1) is 22.7 Å². The first kappa shape index (κ1) is 18.0. The molecule has 5 heteroatoms. The van der Waals surface area contributed by atoms with Gasteiger partial charge in [-0.25, -0.2) is 0 Å². The predicted octanol–water partition coefficient (Wildman–Crippen LogP) is 2.90. The van der Waals surface area contributed by atoms with Crippen molar-refractivity contribution >= 4 is 17.7 Å². The molecular weight excluding hydrogens is 296 g/mol. The molecule has 2 saturated carbocycles. The van der Waals surface area contributed by atoms with Gasteiger partial charge in [-0.2, -0.15) is 0 Å². The Labute approximate surface area is 138 Å². The first-order valence-corrected chi connectivity index (χ1v) is 8.47. The van der Waals surface area contributed by atoms with E-state index in [1.165, 1.54) is 14.2 Å². The van der Waals surface area contributed by atoms with Gasteiger partial charge in [-0.3, -0.25) is 14.4 Å². The summed E-state index contributed by atoms with van der Waals surface area (Å²) in [6.07, 6.45) is 4.61. The van der Waals surface area contributed by atoms with Crippen LogP contribution in [-0.2, 0) is 23.9 Å². The van der Waals surface area contributed by atoms with E-state index in [4.69, 9.17) is 9.47 Å². The average molecular weight is 324 g/mol. The van der Waals surface area contributed by atoms with Crippen LogP contribution in [0.1, 0.15) is 58.8 Å². The molecule has 0 aromatic rings. The fourth-order valence-electron chi connectivity index (χ4n) is 5.14. The highest BCUT2D eigenvalue weighted by molar-refractivity contribution is 5.84. The Hall–Kier alpha value is -1.39. The van der Waals surface area contributed by atoms with Crippen molar-refractivity contribution in [3.05, 3.63) is 0 Å². The van der Waals surface area contributed by atoms with Gasteiger partial charge in [0, 0.05) is 18.8 Å². The number of esters is 2. The number of carbonyl (C=O) groups excluding carboxylic acids is 3. The van der Waals surface area contributed by atoms with Crippen LogP contribution in [0.5, 0.6) is 0 Å². The number of methoxy groups -OCH3 is 2. The Morgan fingerprint density at radius 1 is 1.17 bits per heavy atom. The molecule has 130 valence electrons. The van der Waals surface area contributed by atoms with Crippen molar-refractivity contribution in [3.63, 3.8) is 0 Å². The normalized spacial score (nSPS) is 37.0. The third-order valence-electron chi connectivity index (χ3n) is 6.36. The lowest BCUT2D eigenvalue weighted by atomic mass is 9.47. The Morgan fingerprint density at radius 3 is 2.48 bits per heavy atom. The minimum Gasteiger partial charge on any atom is -0.469 e. The number of ether oxygens (including phenoxy) is 2. The standard InChI is InChI=1S/C18H28O5/c1-17-10-5-11-18(2,16(21)23-4)14(17)8-7-13(19)12(17)6-9-15(20)22-3/h12,14H,5-11H2,1-4H3/t12-,14+,17+,18-/m1/s1. The van der Waals surface area contributed by atoms with Crippen LogP contribution >= 0.6 is 0 Å². The van der Waals surface area contributed by atoms with Gasteiger partial charge in [-0.15, -0.1) is 0 Å². The monoisotopic (exact) mass is 324 g/mol. The maximum Gasteiger partial charge on any atom is 0.311 e. The molecule has 2 rings (SSSR count). The number of carbonyl (C=O) groups is 3. The number of hydrogen-bond donors (Lipinski definition) is 0. The minimum absolute atomic E-state index is 0.122. The van der Waals surface area contributed by atoms with Crippen molar-refractivity contribution in [1.29, 1.82) is 0 Å². The minimum atomic E-state index is -0.536. The molecule has 0 N–H and O–H groups in total. The van der Waals surface area contributed by atoms with Gasteiger partial charge < -0.3 is 9.47 Å². The second-order valence-electron chi connectivity index (χ2n) is 7.49. The summed E-state index contributed by atoms with van der Waals surface area (Å²) in [7, 11) is 2.80. The topological polar surface area (TPSA) is 69.7 Å². The zero-order valence-electron chi connectivity index (χ0n) is 14.6. The summed E-state index contributed by atoms with van der Waals surface area (Å²) in [5.74, 6) is -0.285. The van der Waals surface area contributed by atoms with Gasteiger partial charge >= 0.3 is 11.9 Å². The van der Waals surface area contributed by atoms with Crippen LogP contribution in [0.15, 0.2) is 0 Å². The zero-order valence-corrected chi connectivity index (χ0v) is 14.6. The Morgan fingerprint density at radius 2 is 1.87 bits per heavy atom. The molecule has 0 aliphatic heterocycles. The number of hydrogen-bond acceptors (Lipinski definition) is 5. The van der Waals surface area contributed by atoms with Gasteiger partial charge in [0.2, 0.25) is 0 Å². The van der Waals surface area contributed by atoms with E-state index in [-0.39, 0.29) is 41.4 Å². The lowest BCUT2D eigenvalue weighted by Gasteiger charge is -2.56. The van der Waals surface area contributed by atoms with Crippen molar-refractivity contribution < 1.29 is 23.9 Å². The van der Waals surface area contributed by atoms with Crippen LogP contribution in [0.25, 0.3) is 0 Å². The molecule has 0 aromatic heterocycles. The van der Waals surface area contributed by atoms with E-state index in [2.05, 4.69) is 6.92 Å². The number of Topliss-reactive ketones (excluding diaryl/α,β-unsaturated/α-hetero) is 1. The summed E-state index contributed by atoms with van der Waals surface area (Å²) in [4.78, 5) is 36.4. The summed E-state index contributed by atoms with van der Waals surface area (Å²) >= 11 is 0. The fourth-order valence-corrected chi connectivity index (χ4v) is 5.14. The maximum atomic E-state index is 12.5. The molecule has 0 bridgehead atoms. The van der Waals surface area contributed by atoms with E-state index < -0.39 is 5.41 Å². The van der Waals surface area contributed by atoms with Crippen LogP contribution in [0.2, 0.25) is 0 Å². The molecule has 2 aliphatic carbocycles. The Bertz CT molecular complexity index is 500. The van der Waals surface area contributed by atoms with Crippen LogP contribution < -0.4 is 0 Å². The summed E-state index contributed by atoms with van der Waals surface area (Å²) in [5, 5.41) is 0. The van der Waals surface area contributed by atoms with Crippen LogP contribution in [0.4, 0.5) is 0 Å². The van der Waals surface area contributed by atoms with Crippen LogP contribution in [-0.4, -0.2) is 31.9 Å². The van der Waals surface area contributed by atoms with Crippen molar-refractivity contribution in [2.24, 2.45) is 22.7 Å². The molecular formula is C18H28O5. The van der Waals surface area contributed by atoms with Crippen LogP contribution in [0.3, 0.4) is 0 Å². The van der Waals surface area contributed by atoms with Crippen molar-refractivity contribution in [2.75, 3.05) is 14.2 Å². The Balaban J connectivity index is 2.29. The summed E-state index contributed by atoms with van der Waals surface area (Å²) in [6, 6.07) is 0. The Kier molecular flexibility index (Phi) is 5.17. The molecule has 0 aromatic carbocycles. The molecule has 5 nitrogen and oxygen atoms in total. The molecule has 4 atom stereocenters. The molecule has 0 amide bonds. The fraction of sp³-hybridized carbons (Fsp3) is 0.833. The van der Waals surface area contributed by atoms with E-state index in [0.717, 1.165) is 25.7 Å². The second-order valence-corrected chi connectivity index (χ2v) is 7.49. The summed E-state index contributed by atoms with van der Waals surface area (Å²) in [5.41, 5.74) is -0.781. The summed E-state index contributed by atoms with van der Waals surface area (Å²) < 4.78 is 9.78. The van der Waals surface area contributed by atoms with Gasteiger partial charge in [0.15, 0.2) is 0 Å². The highest BCUT2D eigenvalue weighted by Crippen LogP contribution is 2.60. The number of fused-ring (bicyclic) bond motifs is 1. The van der Waals surface area contributed by atoms with E-state index in [1.807, 2.05) is 6.92 Å². The number of rotatable bonds is 4. The van der Waals surface area contributed by atoms with Gasteiger partial charge in [-0.05, 0) is 43.9 Å². The highest BCUT2D eigenvalue weighted by Gasteiger charge is 2.58. The highest BCUT2D eigenvalue weighted by atomic mass is 16.5. The molecule has 0 heterocycles. The molecule has 0 spiro atoms. The average Bonchev–Trinajstić information content (AvgIpc) is 2.52. The van der Waals surface area contributed by atoms with Crippen molar-refractivity contribution in [2.45, 2.75) is 58.8 Å². The SMILES string of the molecule is COC(=O)CC[C@@H]1C(=O)CC[C@H]2[C@@]1(C)CCC[C@@]2(C)C(=O)OC. The van der Waals surface area contributed by atoms with E-state index in [0.29, 0.717) is 12.8 Å². The quantitative estimate of drug-likeness (QED) is 0.744. The van der Waals surface area contributed by atoms with Gasteiger partial charge in [0.1, 0.15) is 5.78 Å². The van der Waals surface area contributed by atoms with E-state index in [9.17, 15) is 14.4 Å². The molecule has 2 fully saturated rings. The first-order valence-electron chi connectivity index (χ1n) is 8.47. The third-order valence-corrected chi connectivity index (χ3v) is 6.36. The van der Waals surface area contributed by atoms with E-state index >= 15 is 0 Å². The summed E-state index contributed by atoms with van der Waals surface area (Å²) in [6.45, 7) is 4.10. The molecule has 2 aliphatic rings.